The number of hydrogen-bond acceptors (Lipinski definition) is 3. The molecule has 1 rings (SSSR count). The van der Waals surface area contributed by atoms with Crippen LogP contribution >= 0.6 is 0 Å². The third-order valence-electron chi connectivity index (χ3n) is 2.63. The minimum atomic E-state index is -1.00. The molecule has 0 unspecified atom stereocenters. The van der Waals surface area contributed by atoms with E-state index in [0.717, 1.165) is 0 Å². The Morgan fingerprint density at radius 3 is 2.25 bits per heavy atom. The van der Waals surface area contributed by atoms with E-state index >= 15 is 0 Å². The highest BCUT2D eigenvalue weighted by Gasteiger charge is 2.23. The van der Waals surface area contributed by atoms with Gasteiger partial charge in [-0.2, -0.15) is 0 Å². The summed E-state index contributed by atoms with van der Waals surface area (Å²) in [6, 6.07) is 1.42. The summed E-state index contributed by atoms with van der Waals surface area (Å²) in [6.45, 7) is 8.39. The van der Waals surface area contributed by atoms with Crippen LogP contribution in [-0.4, -0.2) is 21.0 Å². The fourth-order valence-electron chi connectivity index (χ4n) is 2.02. The molecule has 0 aliphatic heterocycles. The molecule has 0 saturated heterocycles. The van der Waals surface area contributed by atoms with E-state index in [9.17, 15) is 4.79 Å². The SMILES string of the molecule is CC(C)C(c1nccc(C(=O)O)n1)C(C)C. The molecule has 4 nitrogen and oxygen atoms in total. The molecule has 0 radical (unpaired) electrons. The second-order valence-electron chi connectivity index (χ2n) is 4.62. The van der Waals surface area contributed by atoms with Crippen molar-refractivity contribution < 1.29 is 9.90 Å². The van der Waals surface area contributed by atoms with Crippen LogP contribution in [-0.2, 0) is 0 Å². The van der Waals surface area contributed by atoms with Crippen LogP contribution in [0.1, 0.15) is 49.9 Å². The lowest BCUT2D eigenvalue weighted by molar-refractivity contribution is 0.0689. The second-order valence-corrected chi connectivity index (χ2v) is 4.62. The molecule has 16 heavy (non-hydrogen) atoms. The van der Waals surface area contributed by atoms with Gasteiger partial charge in [-0.15, -0.1) is 0 Å². The van der Waals surface area contributed by atoms with Crippen LogP contribution in [0.2, 0.25) is 0 Å². The van der Waals surface area contributed by atoms with Crippen LogP contribution in [0.15, 0.2) is 12.3 Å². The van der Waals surface area contributed by atoms with Gasteiger partial charge in [0.15, 0.2) is 5.69 Å². The van der Waals surface area contributed by atoms with Crippen molar-refractivity contribution in [3.05, 3.63) is 23.8 Å². The Hall–Kier alpha value is -1.45. The summed E-state index contributed by atoms with van der Waals surface area (Å²) < 4.78 is 0. The molecule has 88 valence electrons. The third-order valence-corrected chi connectivity index (χ3v) is 2.63. The van der Waals surface area contributed by atoms with E-state index in [2.05, 4.69) is 37.7 Å². The topological polar surface area (TPSA) is 63.1 Å². The molecule has 0 aliphatic carbocycles. The van der Waals surface area contributed by atoms with Crippen LogP contribution in [0, 0.1) is 11.8 Å². The first kappa shape index (κ1) is 12.6. The molecule has 1 N–H and O–H groups in total. The predicted octanol–water partition coefficient (Wildman–Crippen LogP) is 2.57. The fourth-order valence-corrected chi connectivity index (χ4v) is 2.02. The number of rotatable bonds is 4. The third kappa shape index (κ3) is 2.78. The monoisotopic (exact) mass is 222 g/mol. The van der Waals surface area contributed by atoms with Gasteiger partial charge < -0.3 is 5.11 Å². The molecular weight excluding hydrogens is 204 g/mol. The Balaban J connectivity index is 3.10. The Labute approximate surface area is 95.7 Å². The Morgan fingerprint density at radius 1 is 1.25 bits per heavy atom. The van der Waals surface area contributed by atoms with Gasteiger partial charge in [0.1, 0.15) is 5.82 Å². The van der Waals surface area contributed by atoms with Crippen molar-refractivity contribution in [3.63, 3.8) is 0 Å². The van der Waals surface area contributed by atoms with Crippen LogP contribution in [0.4, 0.5) is 0 Å². The Bertz CT molecular complexity index is 367. The highest BCUT2D eigenvalue weighted by molar-refractivity contribution is 5.85. The molecule has 0 atom stereocenters. The van der Waals surface area contributed by atoms with Gasteiger partial charge in [-0.05, 0) is 17.9 Å². The van der Waals surface area contributed by atoms with E-state index in [1.54, 1.807) is 0 Å². The smallest absolute Gasteiger partial charge is 0.354 e. The minimum absolute atomic E-state index is 0.0660. The quantitative estimate of drug-likeness (QED) is 0.850. The van der Waals surface area contributed by atoms with Gasteiger partial charge >= 0.3 is 5.97 Å². The lowest BCUT2D eigenvalue weighted by atomic mass is 9.85. The maximum Gasteiger partial charge on any atom is 0.354 e. The zero-order chi connectivity index (χ0) is 12.3. The van der Waals surface area contributed by atoms with Gasteiger partial charge in [0.2, 0.25) is 0 Å². The summed E-state index contributed by atoms with van der Waals surface area (Å²) in [5, 5.41) is 8.88. The van der Waals surface area contributed by atoms with Crippen molar-refractivity contribution in [3.8, 4) is 0 Å². The molecule has 0 bridgehead atoms. The van der Waals surface area contributed by atoms with E-state index in [0.29, 0.717) is 17.7 Å². The zero-order valence-corrected chi connectivity index (χ0v) is 10.1. The number of aromatic carboxylic acids is 1. The van der Waals surface area contributed by atoms with Gasteiger partial charge in [-0.1, -0.05) is 27.7 Å². The maximum atomic E-state index is 10.8. The van der Waals surface area contributed by atoms with E-state index in [1.807, 2.05) is 0 Å². The zero-order valence-electron chi connectivity index (χ0n) is 10.1. The van der Waals surface area contributed by atoms with E-state index in [4.69, 9.17) is 5.11 Å². The molecule has 0 amide bonds. The van der Waals surface area contributed by atoms with Gasteiger partial charge in [0, 0.05) is 12.1 Å². The molecule has 0 aliphatic rings. The van der Waals surface area contributed by atoms with Crippen LogP contribution in [0.25, 0.3) is 0 Å². The number of nitrogens with zero attached hydrogens (tertiary/aromatic N) is 2. The standard InChI is InChI=1S/C12H18N2O2/c1-7(2)10(8(3)4)11-13-6-5-9(14-11)12(15)16/h5-8,10H,1-4H3,(H,15,16). The number of carboxylic acid groups (broad SMARTS) is 1. The van der Waals surface area contributed by atoms with Crippen molar-refractivity contribution in [1.82, 2.24) is 9.97 Å². The van der Waals surface area contributed by atoms with E-state index in [-0.39, 0.29) is 11.6 Å². The molecular formula is C12H18N2O2. The number of carboxylic acids is 1. The summed E-state index contributed by atoms with van der Waals surface area (Å²) in [7, 11) is 0. The summed E-state index contributed by atoms with van der Waals surface area (Å²) in [6.07, 6.45) is 1.52. The molecule has 0 saturated carbocycles. The average molecular weight is 222 g/mol. The van der Waals surface area contributed by atoms with Crippen molar-refractivity contribution in [2.75, 3.05) is 0 Å². The number of aromatic nitrogens is 2. The van der Waals surface area contributed by atoms with Crippen molar-refractivity contribution in [2.24, 2.45) is 11.8 Å². The Kier molecular flexibility index (Phi) is 3.99. The molecule has 1 aromatic heterocycles. The van der Waals surface area contributed by atoms with Gasteiger partial charge in [-0.3, -0.25) is 0 Å². The summed E-state index contributed by atoms with van der Waals surface area (Å²) in [5.41, 5.74) is 0.0660. The average Bonchev–Trinajstić information content (AvgIpc) is 2.16. The number of hydrogen-bond donors (Lipinski definition) is 1. The molecule has 0 fully saturated rings. The maximum absolute atomic E-state index is 10.8. The van der Waals surface area contributed by atoms with Crippen LogP contribution < -0.4 is 0 Å². The van der Waals surface area contributed by atoms with E-state index < -0.39 is 5.97 Å². The first-order chi connectivity index (χ1) is 7.43. The van der Waals surface area contributed by atoms with Crippen LogP contribution in [0.3, 0.4) is 0 Å². The molecule has 4 heteroatoms. The lowest BCUT2D eigenvalue weighted by Crippen LogP contribution is -2.18. The van der Waals surface area contributed by atoms with Crippen molar-refractivity contribution in [2.45, 2.75) is 33.6 Å². The molecule has 1 aromatic rings. The summed E-state index contributed by atoms with van der Waals surface area (Å²) >= 11 is 0. The lowest BCUT2D eigenvalue weighted by Gasteiger charge is -2.23. The van der Waals surface area contributed by atoms with Crippen LogP contribution in [0.5, 0.6) is 0 Å². The molecule has 0 spiro atoms. The second kappa shape index (κ2) is 5.05. The first-order valence-electron chi connectivity index (χ1n) is 5.49. The van der Waals surface area contributed by atoms with Gasteiger partial charge in [-0.25, -0.2) is 14.8 Å². The molecule has 0 aromatic carbocycles. The Morgan fingerprint density at radius 2 is 1.81 bits per heavy atom. The normalized spacial score (nSPS) is 11.4. The van der Waals surface area contributed by atoms with E-state index in [1.165, 1.54) is 12.3 Å². The number of carbonyl (C=O) groups is 1. The molecule has 1 heterocycles. The highest BCUT2D eigenvalue weighted by atomic mass is 16.4. The van der Waals surface area contributed by atoms with Gasteiger partial charge in [0.25, 0.3) is 0 Å². The first-order valence-corrected chi connectivity index (χ1v) is 5.49. The van der Waals surface area contributed by atoms with Gasteiger partial charge in [0.05, 0.1) is 0 Å². The fraction of sp³-hybridized carbons (Fsp3) is 0.583. The largest absolute Gasteiger partial charge is 0.477 e. The van der Waals surface area contributed by atoms with Crippen molar-refractivity contribution in [1.29, 1.82) is 0 Å². The minimum Gasteiger partial charge on any atom is -0.477 e. The summed E-state index contributed by atoms with van der Waals surface area (Å²) in [4.78, 5) is 19.1. The predicted molar refractivity (Wildman–Crippen MR) is 61.4 cm³/mol. The summed E-state index contributed by atoms with van der Waals surface area (Å²) in [5.74, 6) is 0.604. The highest BCUT2D eigenvalue weighted by Crippen LogP contribution is 2.29. The van der Waals surface area contributed by atoms with Crippen molar-refractivity contribution >= 4 is 5.97 Å².